The summed E-state index contributed by atoms with van der Waals surface area (Å²) in [6, 6.07) is -0.896. The van der Waals surface area contributed by atoms with Gasteiger partial charge in [-0.1, -0.05) is 25.4 Å². The number of aromatic nitrogens is 1. The van der Waals surface area contributed by atoms with Crippen molar-refractivity contribution in [2.45, 2.75) is 26.3 Å². The molecule has 0 aromatic carbocycles. The zero-order valence-corrected chi connectivity index (χ0v) is 9.14. The second kappa shape index (κ2) is 5.29. The number of nitrogens with zero attached hydrogens (tertiary/aromatic N) is 1. The van der Waals surface area contributed by atoms with Crippen LogP contribution in [0.5, 0.6) is 0 Å². The summed E-state index contributed by atoms with van der Waals surface area (Å²) in [5, 5.41) is 14.8. The van der Waals surface area contributed by atoms with Crippen LogP contribution in [-0.2, 0) is 4.79 Å². The van der Waals surface area contributed by atoms with Crippen molar-refractivity contribution in [2.24, 2.45) is 5.92 Å². The number of carbonyl (C=O) groups is 2. The molecule has 1 amide bonds. The maximum Gasteiger partial charge on any atom is 0.326 e. The molecular weight excluding hydrogens is 212 g/mol. The number of carboxylic acid groups (broad SMARTS) is 1. The first-order valence-electron chi connectivity index (χ1n) is 4.99. The standard InChI is InChI=1S/C10H14N2O4/c1-3-6(2)8(10(14)15)12-9(13)7-4-11-16-5-7/h4-6,8H,3H2,1-2H3,(H,12,13)(H,14,15)/t6-,8-/m0/s1. The Hall–Kier alpha value is -1.85. The highest BCUT2D eigenvalue weighted by Gasteiger charge is 2.26. The second-order valence-corrected chi connectivity index (χ2v) is 3.59. The molecule has 1 aromatic heterocycles. The van der Waals surface area contributed by atoms with E-state index in [2.05, 4.69) is 15.0 Å². The number of hydrogen-bond acceptors (Lipinski definition) is 4. The van der Waals surface area contributed by atoms with Gasteiger partial charge in [0.25, 0.3) is 5.91 Å². The molecule has 0 fully saturated rings. The lowest BCUT2D eigenvalue weighted by Gasteiger charge is -2.19. The minimum Gasteiger partial charge on any atom is -0.480 e. The third-order valence-electron chi connectivity index (χ3n) is 2.46. The molecule has 6 heteroatoms. The van der Waals surface area contributed by atoms with Crippen LogP contribution in [0.1, 0.15) is 30.6 Å². The van der Waals surface area contributed by atoms with Crippen molar-refractivity contribution in [1.82, 2.24) is 10.5 Å². The highest BCUT2D eigenvalue weighted by atomic mass is 16.5. The van der Waals surface area contributed by atoms with Gasteiger partial charge in [-0.3, -0.25) is 4.79 Å². The Bertz CT molecular complexity index is 361. The average Bonchev–Trinajstić information content (AvgIpc) is 2.77. The van der Waals surface area contributed by atoms with E-state index in [1.165, 1.54) is 12.5 Å². The number of hydrogen-bond donors (Lipinski definition) is 2. The first-order valence-corrected chi connectivity index (χ1v) is 4.99. The van der Waals surface area contributed by atoms with Gasteiger partial charge in [0.05, 0.1) is 11.8 Å². The van der Waals surface area contributed by atoms with Crippen molar-refractivity contribution in [3.63, 3.8) is 0 Å². The largest absolute Gasteiger partial charge is 0.480 e. The van der Waals surface area contributed by atoms with Crippen LogP contribution in [0.15, 0.2) is 17.0 Å². The number of aliphatic carboxylic acids is 1. The summed E-state index contributed by atoms with van der Waals surface area (Å²) in [6.45, 7) is 3.64. The highest BCUT2D eigenvalue weighted by molar-refractivity contribution is 5.96. The topological polar surface area (TPSA) is 92.4 Å². The molecule has 6 nitrogen and oxygen atoms in total. The van der Waals surface area contributed by atoms with Gasteiger partial charge in [0, 0.05) is 0 Å². The molecule has 1 rings (SSSR count). The molecule has 0 bridgehead atoms. The van der Waals surface area contributed by atoms with Gasteiger partial charge >= 0.3 is 5.97 Å². The third kappa shape index (κ3) is 2.82. The predicted octanol–water partition coefficient (Wildman–Crippen LogP) is 0.904. The maximum atomic E-state index is 11.6. The van der Waals surface area contributed by atoms with E-state index < -0.39 is 17.9 Å². The van der Waals surface area contributed by atoms with Gasteiger partial charge in [0.2, 0.25) is 0 Å². The van der Waals surface area contributed by atoms with Gasteiger partial charge in [-0.15, -0.1) is 0 Å². The van der Waals surface area contributed by atoms with E-state index in [4.69, 9.17) is 5.11 Å². The molecule has 2 N–H and O–H groups in total. The lowest BCUT2D eigenvalue weighted by atomic mass is 9.99. The van der Waals surface area contributed by atoms with Crippen LogP contribution in [-0.4, -0.2) is 28.2 Å². The molecule has 0 aliphatic carbocycles. The van der Waals surface area contributed by atoms with Crippen molar-refractivity contribution in [1.29, 1.82) is 0 Å². The Morgan fingerprint density at radius 2 is 2.31 bits per heavy atom. The number of rotatable bonds is 5. The smallest absolute Gasteiger partial charge is 0.326 e. The molecule has 0 unspecified atom stereocenters. The molecule has 88 valence electrons. The Morgan fingerprint density at radius 1 is 1.62 bits per heavy atom. The SMILES string of the molecule is CC[C@H](C)[C@H](NC(=O)c1cnoc1)C(=O)O. The third-order valence-corrected chi connectivity index (χ3v) is 2.46. The number of carboxylic acids is 1. The van der Waals surface area contributed by atoms with Crippen LogP contribution in [0.4, 0.5) is 0 Å². The van der Waals surface area contributed by atoms with E-state index in [-0.39, 0.29) is 11.5 Å². The normalized spacial score (nSPS) is 14.1. The fourth-order valence-corrected chi connectivity index (χ4v) is 1.22. The monoisotopic (exact) mass is 226 g/mol. The molecular formula is C10H14N2O4. The summed E-state index contributed by atoms with van der Waals surface area (Å²) < 4.78 is 4.51. The van der Waals surface area contributed by atoms with Crippen LogP contribution in [0.2, 0.25) is 0 Å². The van der Waals surface area contributed by atoms with Gasteiger partial charge < -0.3 is 14.9 Å². The highest BCUT2D eigenvalue weighted by Crippen LogP contribution is 2.09. The van der Waals surface area contributed by atoms with E-state index in [1.54, 1.807) is 6.92 Å². The first kappa shape index (κ1) is 12.2. The Balaban J connectivity index is 2.69. The van der Waals surface area contributed by atoms with Gasteiger partial charge in [-0.25, -0.2) is 4.79 Å². The van der Waals surface area contributed by atoms with Crippen LogP contribution in [0, 0.1) is 5.92 Å². The Morgan fingerprint density at radius 3 is 2.75 bits per heavy atom. The number of nitrogens with one attached hydrogen (secondary N) is 1. The van der Waals surface area contributed by atoms with E-state index in [0.717, 1.165) is 0 Å². The quantitative estimate of drug-likeness (QED) is 0.778. The molecule has 16 heavy (non-hydrogen) atoms. The zero-order valence-electron chi connectivity index (χ0n) is 9.14. The summed E-state index contributed by atoms with van der Waals surface area (Å²) in [5.74, 6) is -1.67. The summed E-state index contributed by atoms with van der Waals surface area (Å²) in [4.78, 5) is 22.5. The summed E-state index contributed by atoms with van der Waals surface area (Å²) >= 11 is 0. The van der Waals surface area contributed by atoms with Crippen molar-refractivity contribution in [3.8, 4) is 0 Å². The molecule has 0 saturated heterocycles. The van der Waals surface area contributed by atoms with Crippen molar-refractivity contribution < 1.29 is 19.2 Å². The molecule has 1 heterocycles. The van der Waals surface area contributed by atoms with Crippen LogP contribution in [0.3, 0.4) is 0 Å². The molecule has 2 atom stereocenters. The van der Waals surface area contributed by atoms with E-state index in [0.29, 0.717) is 6.42 Å². The van der Waals surface area contributed by atoms with Crippen molar-refractivity contribution in [2.75, 3.05) is 0 Å². The average molecular weight is 226 g/mol. The van der Waals surface area contributed by atoms with E-state index in [1.807, 2.05) is 6.92 Å². The van der Waals surface area contributed by atoms with Gasteiger partial charge in [-0.05, 0) is 5.92 Å². The number of carbonyl (C=O) groups excluding carboxylic acids is 1. The molecule has 0 aliphatic rings. The zero-order chi connectivity index (χ0) is 12.1. The van der Waals surface area contributed by atoms with Gasteiger partial charge in [0.1, 0.15) is 12.3 Å². The first-order chi connectivity index (χ1) is 7.56. The molecule has 0 saturated carbocycles. The fourth-order valence-electron chi connectivity index (χ4n) is 1.22. The Kier molecular flexibility index (Phi) is 4.04. The Labute approximate surface area is 92.6 Å². The van der Waals surface area contributed by atoms with Gasteiger partial charge in [0.15, 0.2) is 0 Å². The predicted molar refractivity (Wildman–Crippen MR) is 54.8 cm³/mol. The number of amides is 1. The molecule has 0 radical (unpaired) electrons. The molecule has 0 spiro atoms. The van der Waals surface area contributed by atoms with Crippen LogP contribution >= 0.6 is 0 Å². The lowest BCUT2D eigenvalue weighted by Crippen LogP contribution is -2.44. The molecule has 1 aromatic rings. The van der Waals surface area contributed by atoms with E-state index in [9.17, 15) is 9.59 Å². The van der Waals surface area contributed by atoms with Crippen molar-refractivity contribution in [3.05, 3.63) is 18.0 Å². The summed E-state index contributed by atoms with van der Waals surface area (Å²) in [5.41, 5.74) is 0.217. The minimum atomic E-state index is -1.04. The minimum absolute atomic E-state index is 0.138. The molecule has 0 aliphatic heterocycles. The maximum absolute atomic E-state index is 11.6. The van der Waals surface area contributed by atoms with Gasteiger partial charge in [-0.2, -0.15) is 0 Å². The lowest BCUT2D eigenvalue weighted by molar-refractivity contribution is -0.140. The summed E-state index contributed by atoms with van der Waals surface area (Å²) in [7, 11) is 0. The van der Waals surface area contributed by atoms with E-state index >= 15 is 0 Å². The second-order valence-electron chi connectivity index (χ2n) is 3.59. The van der Waals surface area contributed by atoms with Crippen LogP contribution < -0.4 is 5.32 Å². The van der Waals surface area contributed by atoms with Crippen LogP contribution in [0.25, 0.3) is 0 Å². The van der Waals surface area contributed by atoms with Crippen molar-refractivity contribution >= 4 is 11.9 Å². The summed E-state index contributed by atoms with van der Waals surface area (Å²) in [6.07, 6.45) is 3.08. The fraction of sp³-hybridized carbons (Fsp3) is 0.500.